The van der Waals surface area contributed by atoms with E-state index >= 15 is 0 Å². The molecule has 19 heavy (non-hydrogen) atoms. The maximum absolute atomic E-state index is 11.6. The molecular formula is C12H15ClN2O4. The van der Waals surface area contributed by atoms with Gasteiger partial charge in [-0.1, -0.05) is 11.6 Å². The van der Waals surface area contributed by atoms with Crippen LogP contribution in [0.15, 0.2) is 18.2 Å². The van der Waals surface area contributed by atoms with Crippen LogP contribution in [0.3, 0.4) is 0 Å². The summed E-state index contributed by atoms with van der Waals surface area (Å²) in [5, 5.41) is 11.5. The van der Waals surface area contributed by atoms with Crippen molar-refractivity contribution in [1.29, 1.82) is 0 Å². The molecule has 1 aromatic rings. The van der Waals surface area contributed by atoms with Gasteiger partial charge >= 0.3 is 5.97 Å². The number of nitrogens with one attached hydrogen (secondary N) is 1. The van der Waals surface area contributed by atoms with Gasteiger partial charge in [-0.3, -0.25) is 4.79 Å². The van der Waals surface area contributed by atoms with Gasteiger partial charge in [0.2, 0.25) is 5.91 Å². The van der Waals surface area contributed by atoms with Crippen molar-refractivity contribution in [3.8, 4) is 0 Å². The van der Waals surface area contributed by atoms with Crippen LogP contribution in [-0.2, 0) is 14.3 Å². The van der Waals surface area contributed by atoms with E-state index < -0.39 is 18.5 Å². The maximum Gasteiger partial charge on any atom is 0.329 e. The van der Waals surface area contributed by atoms with Crippen molar-refractivity contribution in [3.63, 3.8) is 0 Å². The molecule has 0 saturated heterocycles. The van der Waals surface area contributed by atoms with Crippen molar-refractivity contribution in [3.05, 3.63) is 23.2 Å². The van der Waals surface area contributed by atoms with Gasteiger partial charge in [0.1, 0.15) is 13.2 Å². The third-order valence-corrected chi connectivity index (χ3v) is 2.41. The van der Waals surface area contributed by atoms with E-state index in [9.17, 15) is 9.59 Å². The van der Waals surface area contributed by atoms with Crippen molar-refractivity contribution >= 4 is 34.9 Å². The van der Waals surface area contributed by atoms with Crippen molar-refractivity contribution in [2.75, 3.05) is 37.5 Å². The number of amides is 1. The SMILES string of the molecule is CN(C)c1ccc(Cl)cc1NC(=O)COCC(=O)O. The molecule has 0 aliphatic carbocycles. The number of halogens is 1. The fourth-order valence-electron chi connectivity index (χ4n) is 1.42. The van der Waals surface area contributed by atoms with Gasteiger partial charge < -0.3 is 20.1 Å². The highest BCUT2D eigenvalue weighted by Crippen LogP contribution is 2.27. The zero-order valence-electron chi connectivity index (χ0n) is 10.6. The second-order valence-electron chi connectivity index (χ2n) is 3.99. The Balaban J connectivity index is 2.67. The molecule has 1 rings (SSSR count). The van der Waals surface area contributed by atoms with Crippen molar-refractivity contribution in [2.24, 2.45) is 0 Å². The lowest BCUT2D eigenvalue weighted by atomic mass is 10.2. The van der Waals surface area contributed by atoms with Gasteiger partial charge in [-0.2, -0.15) is 0 Å². The largest absolute Gasteiger partial charge is 0.480 e. The number of nitrogens with zero attached hydrogens (tertiary/aromatic N) is 1. The van der Waals surface area contributed by atoms with E-state index in [1.165, 1.54) is 0 Å². The molecule has 0 bridgehead atoms. The minimum Gasteiger partial charge on any atom is -0.480 e. The van der Waals surface area contributed by atoms with E-state index in [0.29, 0.717) is 10.7 Å². The summed E-state index contributed by atoms with van der Waals surface area (Å²) in [6, 6.07) is 5.11. The molecule has 2 N–H and O–H groups in total. The Kier molecular flexibility index (Phi) is 5.59. The molecule has 1 amide bonds. The lowest BCUT2D eigenvalue weighted by molar-refractivity contribution is -0.143. The van der Waals surface area contributed by atoms with Gasteiger partial charge in [-0.15, -0.1) is 0 Å². The van der Waals surface area contributed by atoms with Crippen LogP contribution in [0, 0.1) is 0 Å². The summed E-state index contributed by atoms with van der Waals surface area (Å²) in [5.74, 6) is -1.56. The van der Waals surface area contributed by atoms with E-state index in [1.54, 1.807) is 18.2 Å². The molecule has 0 aromatic heterocycles. The van der Waals surface area contributed by atoms with Gasteiger partial charge in [0.25, 0.3) is 0 Å². The summed E-state index contributed by atoms with van der Waals surface area (Å²) in [7, 11) is 3.67. The average molecular weight is 287 g/mol. The molecule has 0 heterocycles. The number of benzene rings is 1. The highest BCUT2D eigenvalue weighted by atomic mass is 35.5. The van der Waals surface area contributed by atoms with Crippen LogP contribution in [0.2, 0.25) is 5.02 Å². The number of hydrogen-bond acceptors (Lipinski definition) is 4. The molecule has 104 valence electrons. The van der Waals surface area contributed by atoms with Gasteiger partial charge in [0.15, 0.2) is 0 Å². The summed E-state index contributed by atoms with van der Waals surface area (Å²) < 4.78 is 4.70. The number of carbonyl (C=O) groups excluding carboxylic acids is 1. The summed E-state index contributed by atoms with van der Waals surface area (Å²) in [6.07, 6.45) is 0. The highest BCUT2D eigenvalue weighted by Gasteiger charge is 2.10. The number of rotatable bonds is 6. The fraction of sp³-hybridized carbons (Fsp3) is 0.333. The number of carbonyl (C=O) groups is 2. The molecule has 0 aliphatic rings. The molecule has 0 unspecified atom stereocenters. The van der Waals surface area contributed by atoms with E-state index in [0.717, 1.165) is 5.69 Å². The first-order chi connectivity index (χ1) is 8.90. The van der Waals surface area contributed by atoms with Crippen LogP contribution in [-0.4, -0.2) is 44.3 Å². The maximum atomic E-state index is 11.6. The monoisotopic (exact) mass is 286 g/mol. The zero-order chi connectivity index (χ0) is 14.4. The molecular weight excluding hydrogens is 272 g/mol. The van der Waals surface area contributed by atoms with Crippen LogP contribution < -0.4 is 10.2 Å². The fourth-order valence-corrected chi connectivity index (χ4v) is 1.59. The van der Waals surface area contributed by atoms with Gasteiger partial charge in [0.05, 0.1) is 11.4 Å². The number of carboxylic acid groups (broad SMARTS) is 1. The Morgan fingerprint density at radius 2 is 2.05 bits per heavy atom. The number of carboxylic acids is 1. The number of ether oxygens (including phenoxy) is 1. The molecule has 0 fully saturated rings. The first-order valence-electron chi connectivity index (χ1n) is 5.46. The molecule has 1 aromatic carbocycles. The van der Waals surface area contributed by atoms with Gasteiger partial charge in [-0.25, -0.2) is 4.79 Å². The van der Waals surface area contributed by atoms with Crippen LogP contribution >= 0.6 is 11.6 Å². The predicted molar refractivity (Wildman–Crippen MR) is 72.9 cm³/mol. The van der Waals surface area contributed by atoms with Crippen molar-refractivity contribution < 1.29 is 19.4 Å². The van der Waals surface area contributed by atoms with Gasteiger partial charge in [-0.05, 0) is 18.2 Å². The quantitative estimate of drug-likeness (QED) is 0.827. The van der Waals surface area contributed by atoms with Crippen LogP contribution in [0.25, 0.3) is 0 Å². The van der Waals surface area contributed by atoms with Crippen LogP contribution in [0.4, 0.5) is 11.4 Å². The number of hydrogen-bond donors (Lipinski definition) is 2. The summed E-state index contributed by atoms with van der Waals surface area (Å²) in [5.41, 5.74) is 1.33. The van der Waals surface area contributed by atoms with E-state index in [-0.39, 0.29) is 6.61 Å². The average Bonchev–Trinajstić information content (AvgIpc) is 2.27. The normalized spacial score (nSPS) is 10.1. The first-order valence-corrected chi connectivity index (χ1v) is 5.84. The molecule has 0 atom stereocenters. The van der Waals surface area contributed by atoms with E-state index in [1.807, 2.05) is 19.0 Å². The summed E-state index contributed by atoms with van der Waals surface area (Å²) >= 11 is 5.87. The number of aliphatic carboxylic acids is 1. The Morgan fingerprint density at radius 3 is 2.63 bits per heavy atom. The highest BCUT2D eigenvalue weighted by molar-refractivity contribution is 6.31. The van der Waals surface area contributed by atoms with Crippen molar-refractivity contribution in [2.45, 2.75) is 0 Å². The molecule has 0 spiro atoms. The number of anilines is 2. The lowest BCUT2D eigenvalue weighted by Gasteiger charge is -2.18. The third kappa shape index (κ3) is 5.15. The first kappa shape index (κ1) is 15.3. The van der Waals surface area contributed by atoms with Gasteiger partial charge in [0, 0.05) is 19.1 Å². The zero-order valence-corrected chi connectivity index (χ0v) is 11.4. The molecule has 0 radical (unpaired) electrons. The molecule has 7 heteroatoms. The molecule has 6 nitrogen and oxygen atoms in total. The van der Waals surface area contributed by atoms with Crippen LogP contribution in [0.5, 0.6) is 0 Å². The Labute approximate surface area is 115 Å². The lowest BCUT2D eigenvalue weighted by Crippen LogP contribution is -2.22. The smallest absolute Gasteiger partial charge is 0.329 e. The van der Waals surface area contributed by atoms with Crippen LogP contribution in [0.1, 0.15) is 0 Å². The third-order valence-electron chi connectivity index (χ3n) is 2.17. The molecule has 0 aliphatic heterocycles. The second kappa shape index (κ2) is 6.96. The Morgan fingerprint density at radius 1 is 1.37 bits per heavy atom. The summed E-state index contributed by atoms with van der Waals surface area (Å²) in [4.78, 5) is 23.7. The van der Waals surface area contributed by atoms with E-state index in [2.05, 4.69) is 5.32 Å². The Bertz CT molecular complexity index is 477. The minimum atomic E-state index is -1.12. The van der Waals surface area contributed by atoms with E-state index in [4.69, 9.17) is 21.4 Å². The Hall–Kier alpha value is -1.79. The summed E-state index contributed by atoms with van der Waals surface area (Å²) in [6.45, 7) is -0.838. The standard InChI is InChI=1S/C12H15ClN2O4/c1-15(2)10-4-3-8(13)5-9(10)14-11(16)6-19-7-12(17)18/h3-5H,6-7H2,1-2H3,(H,14,16)(H,17,18). The van der Waals surface area contributed by atoms with Crippen molar-refractivity contribution in [1.82, 2.24) is 0 Å². The molecule has 0 saturated carbocycles. The minimum absolute atomic E-state index is 0.328. The second-order valence-corrected chi connectivity index (χ2v) is 4.43. The topological polar surface area (TPSA) is 78.9 Å². The predicted octanol–water partition coefficient (Wildman–Crippen LogP) is 1.45.